The number of hydrogen-bond donors (Lipinski definition) is 1. The van der Waals surface area contributed by atoms with E-state index in [1.54, 1.807) is 7.11 Å². The Balaban J connectivity index is 2.08. The first-order valence-corrected chi connectivity index (χ1v) is 7.59. The van der Waals surface area contributed by atoms with Gasteiger partial charge in [-0.1, -0.05) is 25.5 Å². The van der Waals surface area contributed by atoms with Gasteiger partial charge >= 0.3 is 0 Å². The van der Waals surface area contributed by atoms with E-state index in [1.807, 2.05) is 48.1 Å². The number of methoxy groups -OCH3 is 1. The number of rotatable bonds is 6. The largest absolute Gasteiger partial charge is 0.495 e. The number of hydrogen-bond acceptors (Lipinski definition) is 2. The van der Waals surface area contributed by atoms with Crippen LogP contribution >= 0.6 is 0 Å². The van der Waals surface area contributed by atoms with Crippen molar-refractivity contribution in [2.24, 2.45) is 0 Å². The molecule has 1 N–H and O–H groups in total. The zero-order chi connectivity index (χ0) is 15.9. The van der Waals surface area contributed by atoms with Crippen LogP contribution in [-0.4, -0.2) is 13.0 Å². The predicted octanol–water partition coefficient (Wildman–Crippen LogP) is 3.13. The zero-order valence-corrected chi connectivity index (χ0v) is 13.4. The van der Waals surface area contributed by atoms with Crippen LogP contribution in [0.4, 0.5) is 5.69 Å². The van der Waals surface area contributed by atoms with Crippen LogP contribution in [0.1, 0.15) is 31.9 Å². The van der Waals surface area contributed by atoms with E-state index in [1.165, 1.54) is 5.56 Å². The molecule has 1 atom stereocenters. The Morgan fingerprint density at radius 1 is 1.23 bits per heavy atom. The number of carbonyl (C=O) groups excluding carboxylic acids is 1. The third-order valence-corrected chi connectivity index (χ3v) is 3.65. The normalized spacial score (nSPS) is 11.8. The lowest BCUT2D eigenvalue weighted by molar-refractivity contribution is -0.705. The summed E-state index contributed by atoms with van der Waals surface area (Å²) in [6.45, 7) is 4.04. The van der Waals surface area contributed by atoms with Crippen LogP contribution in [0.15, 0.2) is 48.8 Å². The fourth-order valence-electron chi connectivity index (χ4n) is 2.30. The molecule has 4 nitrogen and oxygen atoms in total. The molecule has 2 aromatic rings. The number of benzene rings is 1. The van der Waals surface area contributed by atoms with Gasteiger partial charge in [0.05, 0.1) is 12.8 Å². The molecule has 4 heteroatoms. The van der Waals surface area contributed by atoms with Crippen LogP contribution < -0.4 is 14.6 Å². The first-order valence-electron chi connectivity index (χ1n) is 7.59. The first-order chi connectivity index (χ1) is 10.7. The highest BCUT2D eigenvalue weighted by Crippen LogP contribution is 2.23. The second-order valence-corrected chi connectivity index (χ2v) is 5.27. The highest BCUT2D eigenvalue weighted by molar-refractivity contribution is 5.93. The summed E-state index contributed by atoms with van der Waals surface area (Å²) in [6, 6.07) is 11.2. The lowest BCUT2D eigenvalue weighted by Gasteiger charge is -2.11. The summed E-state index contributed by atoms with van der Waals surface area (Å²) in [5.74, 6) is 0.587. The van der Waals surface area contributed by atoms with E-state index in [2.05, 4.69) is 24.4 Å². The van der Waals surface area contributed by atoms with Crippen molar-refractivity contribution in [1.82, 2.24) is 0 Å². The second kappa shape index (κ2) is 7.59. The molecule has 0 bridgehead atoms. The summed E-state index contributed by atoms with van der Waals surface area (Å²) in [7, 11) is 1.59. The second-order valence-electron chi connectivity index (χ2n) is 5.27. The fraction of sp³-hybridized carbons (Fsp3) is 0.333. The maximum absolute atomic E-state index is 12.4. The minimum atomic E-state index is -0.291. The summed E-state index contributed by atoms with van der Waals surface area (Å²) in [4.78, 5) is 12.4. The number of amides is 1. The van der Waals surface area contributed by atoms with Crippen molar-refractivity contribution in [1.29, 1.82) is 0 Å². The van der Waals surface area contributed by atoms with Gasteiger partial charge in [-0.05, 0) is 24.1 Å². The van der Waals surface area contributed by atoms with Crippen molar-refractivity contribution in [2.45, 2.75) is 32.7 Å². The number of carbonyl (C=O) groups is 1. The van der Waals surface area contributed by atoms with Gasteiger partial charge in [-0.15, -0.1) is 0 Å². The van der Waals surface area contributed by atoms with Crippen molar-refractivity contribution >= 4 is 11.6 Å². The summed E-state index contributed by atoms with van der Waals surface area (Å²) in [6.07, 6.45) is 6.09. The summed E-state index contributed by atoms with van der Waals surface area (Å²) in [5, 5.41) is 2.91. The summed E-state index contributed by atoms with van der Waals surface area (Å²) >= 11 is 0. The molecule has 0 unspecified atom stereocenters. The van der Waals surface area contributed by atoms with Gasteiger partial charge < -0.3 is 10.1 Å². The Morgan fingerprint density at radius 2 is 1.91 bits per heavy atom. The van der Waals surface area contributed by atoms with Crippen LogP contribution in [0.3, 0.4) is 0 Å². The number of ether oxygens (including phenoxy) is 1. The third kappa shape index (κ3) is 3.85. The lowest BCUT2D eigenvalue weighted by atomic mass is 10.1. The molecule has 1 aromatic heterocycles. The van der Waals surface area contributed by atoms with E-state index in [0.29, 0.717) is 11.4 Å². The molecule has 0 spiro atoms. The number of pyridine rings is 1. The predicted molar refractivity (Wildman–Crippen MR) is 87.0 cm³/mol. The maximum Gasteiger partial charge on any atom is 0.293 e. The van der Waals surface area contributed by atoms with Crippen LogP contribution in [0.5, 0.6) is 5.75 Å². The smallest absolute Gasteiger partial charge is 0.293 e. The van der Waals surface area contributed by atoms with Gasteiger partial charge in [-0.2, -0.15) is 4.57 Å². The number of nitrogens with zero attached hydrogens (tertiary/aromatic N) is 1. The molecule has 0 saturated heterocycles. The number of aromatic nitrogens is 1. The van der Waals surface area contributed by atoms with Crippen molar-refractivity contribution in [3.05, 3.63) is 54.4 Å². The average molecular weight is 299 g/mol. The fourth-order valence-corrected chi connectivity index (χ4v) is 2.30. The number of para-hydroxylation sites is 2. The number of aryl methyl sites for hydroxylation is 1. The lowest BCUT2D eigenvalue weighted by Crippen LogP contribution is -2.44. The van der Waals surface area contributed by atoms with Crippen molar-refractivity contribution in [3.63, 3.8) is 0 Å². The number of nitrogens with one attached hydrogen (secondary N) is 1. The maximum atomic E-state index is 12.4. The van der Waals surface area contributed by atoms with E-state index in [-0.39, 0.29) is 11.9 Å². The molecule has 1 aromatic carbocycles. The van der Waals surface area contributed by atoms with Crippen molar-refractivity contribution in [2.75, 3.05) is 12.4 Å². The van der Waals surface area contributed by atoms with Gasteiger partial charge in [-0.25, -0.2) is 0 Å². The summed E-state index contributed by atoms with van der Waals surface area (Å²) < 4.78 is 7.16. The van der Waals surface area contributed by atoms with E-state index >= 15 is 0 Å². The topological polar surface area (TPSA) is 42.2 Å². The molecule has 1 amide bonds. The molecule has 0 aliphatic heterocycles. The Kier molecular flexibility index (Phi) is 5.53. The van der Waals surface area contributed by atoms with Gasteiger partial charge in [-0.3, -0.25) is 4.79 Å². The standard InChI is InChI=1S/C18H22N2O2/c1-4-7-15-10-12-20(13-11-15)14(2)18(21)19-16-8-5-6-9-17(16)22-3/h5-6,8-14H,4,7H2,1-3H3/p+1/t14-/m1/s1. The van der Waals surface area contributed by atoms with Gasteiger partial charge in [0.15, 0.2) is 12.4 Å². The van der Waals surface area contributed by atoms with Gasteiger partial charge in [0.25, 0.3) is 5.91 Å². The van der Waals surface area contributed by atoms with E-state index in [9.17, 15) is 4.79 Å². The SMILES string of the molecule is CCCc1cc[n+]([C@H](C)C(=O)Nc2ccccc2OC)cc1. The minimum absolute atomic E-state index is 0.0715. The third-order valence-electron chi connectivity index (χ3n) is 3.65. The van der Waals surface area contributed by atoms with E-state index < -0.39 is 0 Å². The van der Waals surface area contributed by atoms with Gasteiger partial charge in [0.1, 0.15) is 5.75 Å². The van der Waals surface area contributed by atoms with Gasteiger partial charge in [0, 0.05) is 19.1 Å². The highest BCUT2D eigenvalue weighted by Gasteiger charge is 2.22. The Hall–Kier alpha value is -2.36. The first kappa shape index (κ1) is 16.0. The molecule has 0 aliphatic carbocycles. The Labute approximate surface area is 131 Å². The minimum Gasteiger partial charge on any atom is -0.495 e. The molecule has 22 heavy (non-hydrogen) atoms. The van der Waals surface area contributed by atoms with E-state index in [0.717, 1.165) is 12.8 Å². The number of anilines is 1. The molecule has 116 valence electrons. The monoisotopic (exact) mass is 299 g/mol. The van der Waals surface area contributed by atoms with Gasteiger partial charge in [0.2, 0.25) is 6.04 Å². The molecule has 0 radical (unpaired) electrons. The molecule has 0 saturated carbocycles. The zero-order valence-electron chi connectivity index (χ0n) is 13.4. The van der Waals surface area contributed by atoms with Crippen molar-refractivity contribution < 1.29 is 14.1 Å². The summed E-state index contributed by atoms with van der Waals surface area (Å²) in [5.41, 5.74) is 1.97. The molecular formula is C18H23N2O2+. The highest BCUT2D eigenvalue weighted by atomic mass is 16.5. The van der Waals surface area contributed by atoms with Crippen LogP contribution in [0.2, 0.25) is 0 Å². The van der Waals surface area contributed by atoms with E-state index in [4.69, 9.17) is 4.74 Å². The quantitative estimate of drug-likeness (QED) is 0.833. The average Bonchev–Trinajstić information content (AvgIpc) is 2.55. The van der Waals surface area contributed by atoms with Crippen molar-refractivity contribution in [3.8, 4) is 5.75 Å². The van der Waals surface area contributed by atoms with Crippen LogP contribution in [0, 0.1) is 0 Å². The molecule has 2 rings (SSSR count). The molecule has 0 fully saturated rings. The molecule has 0 aliphatic rings. The molecular weight excluding hydrogens is 276 g/mol. The van der Waals surface area contributed by atoms with Crippen LogP contribution in [0.25, 0.3) is 0 Å². The van der Waals surface area contributed by atoms with Crippen LogP contribution in [-0.2, 0) is 11.2 Å². The Bertz CT molecular complexity index is 623. The molecule has 1 heterocycles. The Morgan fingerprint density at radius 3 is 2.55 bits per heavy atom.